The van der Waals surface area contributed by atoms with Crippen LogP contribution in [-0.4, -0.2) is 17.0 Å². The van der Waals surface area contributed by atoms with Gasteiger partial charge in [0.2, 0.25) is 0 Å². The fourth-order valence-corrected chi connectivity index (χ4v) is 2.91. The molecule has 0 N–H and O–H groups in total. The van der Waals surface area contributed by atoms with Crippen molar-refractivity contribution in [3.8, 4) is 6.07 Å². The number of nitrogens with zero attached hydrogens (tertiary/aromatic N) is 2. The minimum Gasteiger partial charge on any atom is -0.462 e. The highest BCUT2D eigenvalue weighted by molar-refractivity contribution is 9.10. The molecule has 0 amide bonds. The minimum atomic E-state index is -0.523. The molecule has 1 fully saturated rings. The Hall–Kier alpha value is -1.80. The van der Waals surface area contributed by atoms with Crippen LogP contribution in [0.1, 0.15) is 35.7 Å². The molecule has 1 aliphatic carbocycles. The van der Waals surface area contributed by atoms with Crippen molar-refractivity contribution in [1.82, 2.24) is 4.40 Å². The molecule has 0 atom stereocenters. The number of ether oxygens (including phenoxy) is 1. The summed E-state index contributed by atoms with van der Waals surface area (Å²) in [6, 6.07) is 6.21. The Morgan fingerprint density at radius 2 is 2.25 bits per heavy atom. The molecule has 0 spiro atoms. The number of aromatic nitrogens is 1. The third kappa shape index (κ3) is 1.92. The maximum absolute atomic E-state index is 12.2. The molecule has 0 radical (unpaired) electrons. The van der Waals surface area contributed by atoms with Crippen molar-refractivity contribution in [3.05, 3.63) is 40.1 Å². The number of fused-ring (bicyclic) bond motifs is 1. The van der Waals surface area contributed by atoms with Crippen molar-refractivity contribution in [2.24, 2.45) is 0 Å². The van der Waals surface area contributed by atoms with Crippen LogP contribution in [0, 0.1) is 11.3 Å². The molecule has 0 aromatic carbocycles. The second-order valence-corrected chi connectivity index (χ2v) is 5.89. The molecule has 0 bridgehead atoms. The topological polar surface area (TPSA) is 54.5 Å². The summed E-state index contributed by atoms with van der Waals surface area (Å²) in [6.07, 6.45) is 5.23. The Labute approximate surface area is 125 Å². The van der Waals surface area contributed by atoms with E-state index >= 15 is 0 Å². The van der Waals surface area contributed by atoms with Crippen LogP contribution in [0.3, 0.4) is 0 Å². The summed E-state index contributed by atoms with van der Waals surface area (Å²) < 4.78 is 7.92. The zero-order valence-corrected chi connectivity index (χ0v) is 12.6. The monoisotopic (exact) mass is 332 g/mol. The van der Waals surface area contributed by atoms with E-state index in [1.807, 2.05) is 22.7 Å². The summed E-state index contributed by atoms with van der Waals surface area (Å²) >= 11 is 3.42. The molecular weight excluding hydrogens is 320 g/mol. The van der Waals surface area contributed by atoms with Gasteiger partial charge in [-0.15, -0.1) is 0 Å². The molecule has 2 heterocycles. The Kier molecular flexibility index (Phi) is 3.06. The second kappa shape index (κ2) is 4.64. The zero-order valence-electron chi connectivity index (χ0n) is 11.0. The zero-order chi connectivity index (χ0) is 14.3. The predicted molar refractivity (Wildman–Crippen MR) is 77.6 cm³/mol. The number of hydrogen-bond acceptors (Lipinski definition) is 3. The van der Waals surface area contributed by atoms with Gasteiger partial charge >= 0.3 is 5.97 Å². The smallest absolute Gasteiger partial charge is 0.340 e. The lowest BCUT2D eigenvalue weighted by Crippen LogP contribution is -2.11. The van der Waals surface area contributed by atoms with E-state index in [4.69, 9.17) is 4.74 Å². The fraction of sp³-hybridized carbons (Fsp3) is 0.333. The first kappa shape index (κ1) is 13.2. The van der Waals surface area contributed by atoms with Crippen LogP contribution in [0.2, 0.25) is 0 Å². The van der Waals surface area contributed by atoms with Crippen molar-refractivity contribution in [2.45, 2.75) is 25.2 Å². The number of pyridine rings is 1. The summed E-state index contributed by atoms with van der Waals surface area (Å²) in [5, 5.41) is 9.46. The molecule has 0 unspecified atom stereocenters. The average molecular weight is 333 g/mol. The number of carbonyl (C=O) groups excluding carboxylic acids is 1. The van der Waals surface area contributed by atoms with E-state index in [-0.39, 0.29) is 5.97 Å². The highest BCUT2D eigenvalue weighted by Gasteiger charge is 2.49. The Balaban J connectivity index is 2.25. The average Bonchev–Trinajstić information content (AvgIpc) is 3.13. The number of nitriles is 1. The molecule has 1 aliphatic rings. The molecule has 0 saturated heterocycles. The lowest BCUT2D eigenvalue weighted by atomic mass is 9.94. The van der Waals surface area contributed by atoms with E-state index < -0.39 is 5.41 Å². The Bertz CT molecular complexity index is 738. The van der Waals surface area contributed by atoms with E-state index in [1.165, 1.54) is 0 Å². The van der Waals surface area contributed by atoms with Gasteiger partial charge in [-0.25, -0.2) is 4.79 Å². The van der Waals surface area contributed by atoms with Crippen LogP contribution >= 0.6 is 15.9 Å². The molecular formula is C15H13BrN2O2. The van der Waals surface area contributed by atoms with Crippen molar-refractivity contribution >= 4 is 27.4 Å². The summed E-state index contributed by atoms with van der Waals surface area (Å²) in [7, 11) is 0. The van der Waals surface area contributed by atoms with Crippen molar-refractivity contribution in [3.63, 3.8) is 0 Å². The van der Waals surface area contributed by atoms with Crippen molar-refractivity contribution < 1.29 is 9.53 Å². The fourth-order valence-electron chi connectivity index (χ4n) is 2.56. The first-order chi connectivity index (χ1) is 9.61. The number of esters is 1. The highest BCUT2D eigenvalue weighted by atomic mass is 79.9. The lowest BCUT2D eigenvalue weighted by Gasteiger charge is -2.08. The van der Waals surface area contributed by atoms with Crippen molar-refractivity contribution in [2.75, 3.05) is 6.61 Å². The highest BCUT2D eigenvalue weighted by Crippen LogP contribution is 2.51. The molecule has 3 rings (SSSR count). The van der Waals surface area contributed by atoms with Gasteiger partial charge in [0, 0.05) is 22.4 Å². The van der Waals surface area contributed by atoms with Crippen LogP contribution in [0.25, 0.3) is 5.52 Å². The van der Waals surface area contributed by atoms with Gasteiger partial charge in [0.1, 0.15) is 0 Å². The third-order valence-corrected chi connectivity index (χ3v) is 4.14. The molecule has 2 aromatic rings. The SMILES string of the molecule is CCOC(=O)c1cn2cc(Br)ccc2c1C1(C#N)CC1. The summed E-state index contributed by atoms with van der Waals surface area (Å²) in [6.45, 7) is 2.11. The number of rotatable bonds is 3. The van der Waals surface area contributed by atoms with Crippen LogP contribution < -0.4 is 0 Å². The molecule has 4 nitrogen and oxygen atoms in total. The lowest BCUT2D eigenvalue weighted by molar-refractivity contribution is 0.0525. The maximum Gasteiger partial charge on any atom is 0.340 e. The first-order valence-electron chi connectivity index (χ1n) is 6.50. The van der Waals surface area contributed by atoms with E-state index in [1.54, 1.807) is 13.1 Å². The van der Waals surface area contributed by atoms with Gasteiger partial charge in [-0.2, -0.15) is 5.26 Å². The van der Waals surface area contributed by atoms with Crippen LogP contribution in [0.4, 0.5) is 0 Å². The van der Waals surface area contributed by atoms with E-state index in [0.717, 1.165) is 28.4 Å². The van der Waals surface area contributed by atoms with Gasteiger partial charge < -0.3 is 9.14 Å². The van der Waals surface area contributed by atoms with Gasteiger partial charge in [-0.3, -0.25) is 0 Å². The summed E-state index contributed by atoms with van der Waals surface area (Å²) in [4.78, 5) is 12.2. The maximum atomic E-state index is 12.2. The molecule has 20 heavy (non-hydrogen) atoms. The Morgan fingerprint density at radius 1 is 1.50 bits per heavy atom. The third-order valence-electron chi connectivity index (χ3n) is 3.67. The molecule has 1 saturated carbocycles. The first-order valence-corrected chi connectivity index (χ1v) is 7.29. The van der Waals surface area contributed by atoms with Crippen LogP contribution in [-0.2, 0) is 10.2 Å². The predicted octanol–water partition coefficient (Wildman–Crippen LogP) is 3.43. The van der Waals surface area contributed by atoms with E-state index in [9.17, 15) is 10.1 Å². The van der Waals surface area contributed by atoms with Gasteiger partial charge in [0.05, 0.1) is 29.2 Å². The quantitative estimate of drug-likeness (QED) is 0.809. The molecule has 2 aromatic heterocycles. The van der Waals surface area contributed by atoms with Gasteiger partial charge in [-0.1, -0.05) is 0 Å². The van der Waals surface area contributed by atoms with Gasteiger partial charge in [0.25, 0.3) is 0 Å². The minimum absolute atomic E-state index is 0.327. The number of carbonyl (C=O) groups is 1. The normalized spacial score (nSPS) is 15.8. The van der Waals surface area contributed by atoms with Crippen molar-refractivity contribution in [1.29, 1.82) is 5.26 Å². The van der Waals surface area contributed by atoms with Crippen LogP contribution in [0.15, 0.2) is 29.0 Å². The molecule has 5 heteroatoms. The summed E-state index contributed by atoms with van der Waals surface area (Å²) in [5.74, 6) is -0.358. The number of hydrogen-bond donors (Lipinski definition) is 0. The van der Waals surface area contributed by atoms with E-state index in [0.29, 0.717) is 12.2 Å². The molecule has 102 valence electrons. The van der Waals surface area contributed by atoms with Gasteiger partial charge in [-0.05, 0) is 47.8 Å². The van der Waals surface area contributed by atoms with E-state index in [2.05, 4.69) is 22.0 Å². The Morgan fingerprint density at radius 3 is 2.85 bits per heavy atom. The summed E-state index contributed by atoms with van der Waals surface area (Å²) in [5.41, 5.74) is 1.69. The van der Waals surface area contributed by atoms with Gasteiger partial charge in [0.15, 0.2) is 0 Å². The van der Waals surface area contributed by atoms with Crippen LogP contribution in [0.5, 0.6) is 0 Å². The molecule has 0 aliphatic heterocycles. The second-order valence-electron chi connectivity index (χ2n) is 4.97. The number of halogens is 1. The largest absolute Gasteiger partial charge is 0.462 e. The standard InChI is InChI=1S/C15H13BrN2O2/c1-2-20-14(19)11-8-18-7-10(16)3-4-12(18)13(11)15(9-17)5-6-15/h3-4,7-8H,2,5-6H2,1H3.